The molecule has 1 saturated heterocycles. The first kappa shape index (κ1) is 12.1. The largest absolute Gasteiger partial charge is 0.322 e. The Bertz CT molecular complexity index is 328. The first-order chi connectivity index (χ1) is 7.18. The Labute approximate surface area is 108 Å². The molecule has 84 valence electrons. The zero-order chi connectivity index (χ0) is 10.8. The number of thiophene rings is 1. The number of hydrogen-bond donors (Lipinski definition) is 1. The third kappa shape index (κ3) is 2.86. The first-order valence-corrected chi connectivity index (χ1v) is 8.21. The summed E-state index contributed by atoms with van der Waals surface area (Å²) in [6.45, 7) is 2.27. The van der Waals surface area contributed by atoms with E-state index in [4.69, 9.17) is 17.3 Å². The lowest BCUT2D eigenvalue weighted by Crippen LogP contribution is -2.33. The first-order valence-electron chi connectivity index (χ1n) is 4.92. The molecule has 1 nitrogen and oxygen atoms in total. The van der Waals surface area contributed by atoms with Gasteiger partial charge in [-0.25, -0.2) is 0 Å². The van der Waals surface area contributed by atoms with E-state index in [1.165, 1.54) is 16.4 Å². The van der Waals surface area contributed by atoms with Crippen LogP contribution in [-0.2, 0) is 0 Å². The lowest BCUT2D eigenvalue weighted by atomic mass is 10.1. The number of halogens is 1. The monoisotopic (exact) mass is 279 g/mol. The van der Waals surface area contributed by atoms with Gasteiger partial charge in [-0.05, 0) is 12.1 Å². The molecule has 0 radical (unpaired) electrons. The molecule has 1 aliphatic rings. The number of hydrogen-bond acceptors (Lipinski definition) is 4. The van der Waals surface area contributed by atoms with Crippen LogP contribution in [0.2, 0.25) is 4.34 Å². The lowest BCUT2D eigenvalue weighted by Gasteiger charge is -2.31. The maximum atomic E-state index is 6.29. The molecule has 0 bridgehead atoms. The van der Waals surface area contributed by atoms with Crippen LogP contribution in [0.4, 0.5) is 0 Å². The van der Waals surface area contributed by atoms with E-state index in [-0.39, 0.29) is 6.04 Å². The highest BCUT2D eigenvalue weighted by atomic mass is 35.5. The van der Waals surface area contributed by atoms with Crippen molar-refractivity contribution < 1.29 is 0 Å². The van der Waals surface area contributed by atoms with Crippen LogP contribution < -0.4 is 5.73 Å². The molecule has 0 amide bonds. The van der Waals surface area contributed by atoms with E-state index in [1.54, 1.807) is 11.3 Å². The van der Waals surface area contributed by atoms with E-state index in [0.717, 1.165) is 4.34 Å². The van der Waals surface area contributed by atoms with Gasteiger partial charge in [0.2, 0.25) is 0 Å². The van der Waals surface area contributed by atoms with E-state index >= 15 is 0 Å². The van der Waals surface area contributed by atoms with Gasteiger partial charge in [0.25, 0.3) is 0 Å². The van der Waals surface area contributed by atoms with Crippen LogP contribution >= 0.6 is 46.5 Å². The summed E-state index contributed by atoms with van der Waals surface area (Å²) in [6.07, 6.45) is 0. The van der Waals surface area contributed by atoms with Crippen molar-refractivity contribution in [3.8, 4) is 0 Å². The molecule has 0 saturated carbocycles. The van der Waals surface area contributed by atoms with Crippen molar-refractivity contribution in [2.45, 2.75) is 23.5 Å². The van der Waals surface area contributed by atoms with Crippen molar-refractivity contribution in [3.63, 3.8) is 0 Å². The minimum absolute atomic E-state index is 0.135. The molecule has 2 N–H and O–H groups in total. The fraction of sp³-hybridized carbons (Fsp3) is 0.600. The second-order valence-electron chi connectivity index (χ2n) is 3.58. The van der Waals surface area contributed by atoms with Gasteiger partial charge in [0.1, 0.15) is 0 Å². The fourth-order valence-corrected chi connectivity index (χ4v) is 5.78. The van der Waals surface area contributed by atoms with E-state index < -0.39 is 0 Å². The van der Waals surface area contributed by atoms with Crippen molar-refractivity contribution in [3.05, 3.63) is 21.3 Å². The molecule has 0 aliphatic carbocycles. The topological polar surface area (TPSA) is 26.0 Å². The van der Waals surface area contributed by atoms with E-state index in [1.807, 2.05) is 29.6 Å². The second kappa shape index (κ2) is 5.32. The molecule has 5 heteroatoms. The van der Waals surface area contributed by atoms with Gasteiger partial charge in [-0.2, -0.15) is 23.5 Å². The van der Waals surface area contributed by atoms with Crippen LogP contribution in [0.3, 0.4) is 0 Å². The summed E-state index contributed by atoms with van der Waals surface area (Å²) in [4.78, 5) is 1.21. The molecule has 1 aromatic heterocycles. The molecule has 3 atom stereocenters. The second-order valence-corrected chi connectivity index (χ2v) is 8.10. The Morgan fingerprint density at radius 1 is 1.40 bits per heavy atom. The van der Waals surface area contributed by atoms with Crippen molar-refractivity contribution in [2.75, 3.05) is 11.5 Å². The van der Waals surface area contributed by atoms with Gasteiger partial charge in [0.05, 0.1) is 10.4 Å². The Hall–Kier alpha value is 0.650. The summed E-state index contributed by atoms with van der Waals surface area (Å²) >= 11 is 11.6. The molecule has 3 unspecified atom stereocenters. The van der Waals surface area contributed by atoms with Gasteiger partial charge < -0.3 is 5.73 Å². The Kier molecular flexibility index (Phi) is 4.30. The van der Waals surface area contributed by atoms with Crippen molar-refractivity contribution >= 4 is 46.5 Å². The average molecular weight is 280 g/mol. The van der Waals surface area contributed by atoms with Crippen LogP contribution in [0, 0.1) is 0 Å². The van der Waals surface area contributed by atoms with Gasteiger partial charge in [-0.3, -0.25) is 0 Å². The SMILES string of the molecule is CC1SCCSC1C(N)c1ccc(Cl)s1. The van der Waals surface area contributed by atoms with Gasteiger partial charge in [-0.15, -0.1) is 11.3 Å². The van der Waals surface area contributed by atoms with Gasteiger partial charge in [-0.1, -0.05) is 18.5 Å². The molecule has 1 fully saturated rings. The van der Waals surface area contributed by atoms with Crippen LogP contribution in [0.25, 0.3) is 0 Å². The fourth-order valence-electron chi connectivity index (χ4n) is 1.71. The highest BCUT2D eigenvalue weighted by molar-refractivity contribution is 8.07. The molecule has 1 aliphatic heterocycles. The summed E-state index contributed by atoms with van der Waals surface area (Å²) in [5.41, 5.74) is 6.29. The summed E-state index contributed by atoms with van der Waals surface area (Å²) in [5, 5.41) is 1.16. The summed E-state index contributed by atoms with van der Waals surface area (Å²) in [5.74, 6) is 2.47. The Morgan fingerprint density at radius 2 is 2.13 bits per heavy atom. The van der Waals surface area contributed by atoms with Crippen LogP contribution in [-0.4, -0.2) is 22.0 Å². The number of rotatable bonds is 2. The molecule has 15 heavy (non-hydrogen) atoms. The minimum atomic E-state index is 0.135. The van der Waals surface area contributed by atoms with Crippen molar-refractivity contribution in [1.29, 1.82) is 0 Å². The molecule has 0 spiro atoms. The highest BCUT2D eigenvalue weighted by Gasteiger charge is 2.29. The smallest absolute Gasteiger partial charge is 0.0931 e. The van der Waals surface area contributed by atoms with Crippen LogP contribution in [0.15, 0.2) is 12.1 Å². The van der Waals surface area contributed by atoms with Crippen molar-refractivity contribution in [2.24, 2.45) is 5.73 Å². The standard InChI is InChI=1S/C10H14ClNS3/c1-6-10(14-5-4-13-6)9(12)7-2-3-8(11)15-7/h2-3,6,9-10H,4-5,12H2,1H3. The number of nitrogens with two attached hydrogens (primary N) is 1. The normalized spacial score (nSPS) is 29.0. The van der Waals surface area contributed by atoms with Gasteiger partial charge >= 0.3 is 0 Å². The molecular formula is C10H14ClNS3. The molecule has 1 aromatic rings. The Balaban J connectivity index is 2.09. The van der Waals surface area contributed by atoms with Gasteiger partial charge in [0, 0.05) is 26.9 Å². The zero-order valence-corrected chi connectivity index (χ0v) is 11.7. The number of thioether (sulfide) groups is 2. The highest BCUT2D eigenvalue weighted by Crippen LogP contribution is 2.39. The van der Waals surface area contributed by atoms with E-state index in [2.05, 4.69) is 13.0 Å². The maximum absolute atomic E-state index is 6.29. The average Bonchev–Trinajstić information content (AvgIpc) is 2.65. The lowest BCUT2D eigenvalue weighted by molar-refractivity contribution is 0.674. The van der Waals surface area contributed by atoms with E-state index in [9.17, 15) is 0 Å². The molecular weight excluding hydrogens is 266 g/mol. The molecule has 0 aromatic carbocycles. The van der Waals surface area contributed by atoms with Crippen molar-refractivity contribution in [1.82, 2.24) is 0 Å². The summed E-state index contributed by atoms with van der Waals surface area (Å²) in [6, 6.07) is 4.13. The zero-order valence-electron chi connectivity index (χ0n) is 8.48. The Morgan fingerprint density at radius 3 is 2.73 bits per heavy atom. The molecule has 2 heterocycles. The predicted molar refractivity (Wildman–Crippen MR) is 74.4 cm³/mol. The maximum Gasteiger partial charge on any atom is 0.0931 e. The summed E-state index contributed by atoms with van der Waals surface area (Å²) in [7, 11) is 0. The van der Waals surface area contributed by atoms with Gasteiger partial charge in [0.15, 0.2) is 0 Å². The van der Waals surface area contributed by atoms with E-state index in [0.29, 0.717) is 10.5 Å². The molecule has 2 rings (SSSR count). The minimum Gasteiger partial charge on any atom is -0.322 e. The third-order valence-corrected chi connectivity index (χ3v) is 7.06. The third-order valence-electron chi connectivity index (χ3n) is 2.51. The summed E-state index contributed by atoms with van der Waals surface area (Å²) < 4.78 is 0.835. The quantitative estimate of drug-likeness (QED) is 0.895. The predicted octanol–water partition coefficient (Wildman–Crippen LogP) is 3.64. The van der Waals surface area contributed by atoms with Crippen LogP contribution in [0.5, 0.6) is 0 Å². The van der Waals surface area contributed by atoms with Crippen LogP contribution in [0.1, 0.15) is 17.8 Å².